The third kappa shape index (κ3) is 4.01. The van der Waals surface area contributed by atoms with Crippen molar-refractivity contribution in [1.82, 2.24) is 9.88 Å². The van der Waals surface area contributed by atoms with Crippen LogP contribution in [0.25, 0.3) is 0 Å². The summed E-state index contributed by atoms with van der Waals surface area (Å²) in [7, 11) is 0. The van der Waals surface area contributed by atoms with E-state index in [0.29, 0.717) is 45.2 Å². The van der Waals surface area contributed by atoms with Crippen LogP contribution in [0.2, 0.25) is 0 Å². The number of hydrogen-bond donors (Lipinski definition) is 0. The van der Waals surface area contributed by atoms with E-state index in [4.69, 9.17) is 9.47 Å². The maximum atomic E-state index is 13.0. The van der Waals surface area contributed by atoms with Gasteiger partial charge in [0.05, 0.1) is 32.7 Å². The first-order valence-corrected chi connectivity index (χ1v) is 9.27. The van der Waals surface area contributed by atoms with Gasteiger partial charge in [0.15, 0.2) is 0 Å². The molecule has 0 radical (unpaired) electrons. The zero-order valence-electron chi connectivity index (χ0n) is 15.1. The molecule has 2 aliphatic heterocycles. The van der Waals surface area contributed by atoms with Gasteiger partial charge in [-0.1, -0.05) is 18.2 Å². The van der Waals surface area contributed by atoms with Crippen LogP contribution in [0.4, 0.5) is 4.39 Å². The quantitative estimate of drug-likeness (QED) is 0.784. The zero-order valence-corrected chi connectivity index (χ0v) is 15.1. The largest absolute Gasteiger partial charge is 0.376 e. The molecule has 0 saturated carbocycles. The molecule has 4 rings (SSSR count). The van der Waals surface area contributed by atoms with E-state index in [1.165, 1.54) is 12.1 Å². The highest BCUT2D eigenvalue weighted by molar-refractivity contribution is 5.80. The molecule has 1 spiro atoms. The first-order chi connectivity index (χ1) is 13.1. The normalized spacial score (nSPS) is 20.6. The lowest BCUT2D eigenvalue weighted by Gasteiger charge is -2.50. The van der Waals surface area contributed by atoms with E-state index in [9.17, 15) is 9.18 Å². The van der Waals surface area contributed by atoms with Crippen molar-refractivity contribution in [3.05, 3.63) is 65.7 Å². The molecule has 0 bridgehead atoms. The SMILES string of the molecule is O=C(Cc1ccc(F)cc1)N1CC2(C1)OCCC2COCc1cccnc1. The third-order valence-corrected chi connectivity index (χ3v) is 5.45. The minimum atomic E-state index is -0.289. The molecule has 2 fully saturated rings. The molecule has 1 aromatic carbocycles. The Labute approximate surface area is 158 Å². The summed E-state index contributed by atoms with van der Waals surface area (Å²) in [4.78, 5) is 18.4. The number of amides is 1. The highest BCUT2D eigenvalue weighted by Gasteiger charge is 2.54. The van der Waals surface area contributed by atoms with Crippen molar-refractivity contribution in [2.75, 3.05) is 26.3 Å². The Morgan fingerprint density at radius 2 is 2.07 bits per heavy atom. The predicted molar refractivity (Wildman–Crippen MR) is 97.4 cm³/mol. The Morgan fingerprint density at radius 1 is 1.26 bits per heavy atom. The summed E-state index contributed by atoms with van der Waals surface area (Å²) in [6, 6.07) is 9.97. The number of pyridine rings is 1. The second-order valence-electron chi connectivity index (χ2n) is 7.33. The van der Waals surface area contributed by atoms with Gasteiger partial charge >= 0.3 is 0 Å². The Bertz CT molecular complexity index is 776. The monoisotopic (exact) mass is 370 g/mol. The first-order valence-electron chi connectivity index (χ1n) is 9.27. The summed E-state index contributed by atoms with van der Waals surface area (Å²) >= 11 is 0. The van der Waals surface area contributed by atoms with Gasteiger partial charge < -0.3 is 14.4 Å². The van der Waals surface area contributed by atoms with Crippen LogP contribution in [-0.2, 0) is 27.3 Å². The summed E-state index contributed by atoms with van der Waals surface area (Å²) in [5.74, 6) is 0.0596. The van der Waals surface area contributed by atoms with E-state index in [1.807, 2.05) is 17.0 Å². The number of aromatic nitrogens is 1. The summed E-state index contributed by atoms with van der Waals surface area (Å²) in [6.45, 7) is 3.07. The topological polar surface area (TPSA) is 51.7 Å². The van der Waals surface area contributed by atoms with E-state index in [-0.39, 0.29) is 17.3 Å². The maximum absolute atomic E-state index is 13.0. The molecule has 2 aromatic rings. The van der Waals surface area contributed by atoms with E-state index in [1.54, 1.807) is 24.5 Å². The fourth-order valence-corrected chi connectivity index (χ4v) is 3.84. The lowest BCUT2D eigenvalue weighted by molar-refractivity contribution is -0.168. The van der Waals surface area contributed by atoms with E-state index < -0.39 is 0 Å². The van der Waals surface area contributed by atoms with Crippen LogP contribution < -0.4 is 0 Å². The molecule has 0 aliphatic carbocycles. The van der Waals surface area contributed by atoms with E-state index in [2.05, 4.69) is 4.98 Å². The molecule has 0 N–H and O–H groups in total. The fraction of sp³-hybridized carbons (Fsp3) is 0.429. The fourth-order valence-electron chi connectivity index (χ4n) is 3.84. The number of ether oxygens (including phenoxy) is 2. The summed E-state index contributed by atoms with van der Waals surface area (Å²) in [5.41, 5.74) is 1.61. The minimum Gasteiger partial charge on any atom is -0.376 e. The molecule has 27 heavy (non-hydrogen) atoms. The Balaban J connectivity index is 1.27. The molecule has 6 heteroatoms. The summed E-state index contributed by atoms with van der Waals surface area (Å²) < 4.78 is 24.9. The molecule has 1 amide bonds. The van der Waals surface area contributed by atoms with Crippen LogP contribution in [0.5, 0.6) is 0 Å². The summed E-state index contributed by atoms with van der Waals surface area (Å²) in [5, 5.41) is 0. The second-order valence-corrected chi connectivity index (χ2v) is 7.33. The van der Waals surface area contributed by atoms with Gasteiger partial charge in [0.2, 0.25) is 5.91 Å². The van der Waals surface area contributed by atoms with Gasteiger partial charge in [-0.15, -0.1) is 0 Å². The highest BCUT2D eigenvalue weighted by Crippen LogP contribution is 2.40. The van der Waals surface area contributed by atoms with Crippen molar-refractivity contribution >= 4 is 5.91 Å². The molecule has 3 heterocycles. The third-order valence-electron chi connectivity index (χ3n) is 5.45. The number of hydrogen-bond acceptors (Lipinski definition) is 4. The van der Waals surface area contributed by atoms with Crippen molar-refractivity contribution in [2.24, 2.45) is 5.92 Å². The van der Waals surface area contributed by atoms with E-state index >= 15 is 0 Å². The molecule has 1 atom stereocenters. The molecule has 142 valence electrons. The number of carbonyl (C=O) groups is 1. The molecular weight excluding hydrogens is 347 g/mol. The van der Waals surface area contributed by atoms with Gasteiger partial charge in [-0.3, -0.25) is 9.78 Å². The van der Waals surface area contributed by atoms with Crippen molar-refractivity contribution in [1.29, 1.82) is 0 Å². The Hall–Kier alpha value is -2.31. The maximum Gasteiger partial charge on any atom is 0.227 e. The van der Waals surface area contributed by atoms with Gasteiger partial charge in [-0.05, 0) is 35.7 Å². The van der Waals surface area contributed by atoms with Crippen molar-refractivity contribution in [2.45, 2.75) is 25.0 Å². The number of carbonyl (C=O) groups excluding carboxylic acids is 1. The van der Waals surface area contributed by atoms with Crippen LogP contribution in [0.1, 0.15) is 17.5 Å². The van der Waals surface area contributed by atoms with Crippen molar-refractivity contribution in [3.8, 4) is 0 Å². The smallest absolute Gasteiger partial charge is 0.227 e. The van der Waals surface area contributed by atoms with Gasteiger partial charge in [-0.25, -0.2) is 4.39 Å². The molecule has 2 aliphatic rings. The van der Waals surface area contributed by atoms with Crippen LogP contribution in [-0.4, -0.2) is 47.7 Å². The number of nitrogens with zero attached hydrogens (tertiary/aromatic N) is 2. The molecule has 2 saturated heterocycles. The van der Waals surface area contributed by atoms with E-state index in [0.717, 1.165) is 17.5 Å². The molecule has 1 unspecified atom stereocenters. The standard InChI is InChI=1S/C21H23FN2O3/c22-19-5-3-16(4-6-19)10-20(25)24-14-21(15-24)18(7-9-27-21)13-26-12-17-2-1-8-23-11-17/h1-6,8,11,18H,7,9-10,12-15H2. The average Bonchev–Trinajstić information content (AvgIpc) is 3.07. The highest BCUT2D eigenvalue weighted by atomic mass is 19.1. The van der Waals surface area contributed by atoms with Crippen LogP contribution in [0.3, 0.4) is 0 Å². The second kappa shape index (κ2) is 7.74. The molecular formula is C21H23FN2O3. The van der Waals surface area contributed by atoms with Crippen LogP contribution in [0, 0.1) is 11.7 Å². The number of halogens is 1. The Morgan fingerprint density at radius 3 is 2.81 bits per heavy atom. The average molecular weight is 370 g/mol. The summed E-state index contributed by atoms with van der Waals surface area (Å²) in [6.07, 6.45) is 4.79. The van der Waals surface area contributed by atoms with Gasteiger partial charge in [0.1, 0.15) is 11.4 Å². The lowest BCUT2D eigenvalue weighted by atomic mass is 9.81. The van der Waals surface area contributed by atoms with Crippen LogP contribution >= 0.6 is 0 Å². The number of likely N-dealkylation sites (tertiary alicyclic amines) is 1. The van der Waals surface area contributed by atoms with Crippen LogP contribution in [0.15, 0.2) is 48.8 Å². The number of benzene rings is 1. The molecule has 1 aromatic heterocycles. The predicted octanol–water partition coefficient (Wildman–Crippen LogP) is 2.60. The van der Waals surface area contributed by atoms with Gasteiger partial charge in [0.25, 0.3) is 0 Å². The Kier molecular flexibility index (Phi) is 5.18. The zero-order chi connectivity index (χ0) is 18.7. The van der Waals surface area contributed by atoms with Gasteiger partial charge in [0, 0.05) is 24.9 Å². The molecule has 5 nitrogen and oxygen atoms in total. The first kappa shape index (κ1) is 18.1. The minimum absolute atomic E-state index is 0.0535. The number of rotatable bonds is 6. The van der Waals surface area contributed by atoms with Gasteiger partial charge in [-0.2, -0.15) is 0 Å². The van der Waals surface area contributed by atoms with Crippen molar-refractivity contribution in [3.63, 3.8) is 0 Å². The lowest BCUT2D eigenvalue weighted by Crippen LogP contribution is -2.66. The van der Waals surface area contributed by atoms with Crippen molar-refractivity contribution < 1.29 is 18.7 Å².